The predicted octanol–water partition coefficient (Wildman–Crippen LogP) is 1.30. The fraction of sp³-hybridized carbons (Fsp3) is 0.933. The average molecular weight is 267 g/mol. The molecule has 0 unspecified atom stereocenters. The summed E-state index contributed by atoms with van der Waals surface area (Å²) in [5.41, 5.74) is 5.95. The maximum absolute atomic E-state index is 12.2. The number of nitrogens with zero attached hydrogens (tertiary/aromatic N) is 2. The number of hydrogen-bond donors (Lipinski definition) is 1. The van der Waals surface area contributed by atoms with Gasteiger partial charge in [0.2, 0.25) is 5.91 Å². The maximum Gasteiger partial charge on any atom is 0.239 e. The zero-order valence-electron chi connectivity index (χ0n) is 12.6. The van der Waals surface area contributed by atoms with E-state index in [-0.39, 0.29) is 17.9 Å². The van der Waals surface area contributed by atoms with Gasteiger partial charge in [0.15, 0.2) is 0 Å². The summed E-state index contributed by atoms with van der Waals surface area (Å²) in [6.07, 6.45) is 5.01. The normalized spacial score (nSPS) is 23.2. The topological polar surface area (TPSA) is 49.6 Å². The Labute approximate surface area is 117 Å². The highest BCUT2D eigenvalue weighted by molar-refractivity contribution is 5.82. The number of rotatable bonds is 5. The van der Waals surface area contributed by atoms with E-state index in [0.717, 1.165) is 37.9 Å². The molecule has 2 rings (SSSR count). The molecule has 1 amide bonds. The molecular weight excluding hydrogens is 238 g/mol. The van der Waals surface area contributed by atoms with Crippen LogP contribution in [0.5, 0.6) is 0 Å². The van der Waals surface area contributed by atoms with E-state index >= 15 is 0 Å². The molecule has 1 saturated carbocycles. The van der Waals surface area contributed by atoms with Gasteiger partial charge in [0.05, 0.1) is 6.04 Å². The van der Waals surface area contributed by atoms with Crippen LogP contribution in [0.4, 0.5) is 0 Å². The van der Waals surface area contributed by atoms with Crippen LogP contribution in [0.15, 0.2) is 0 Å². The van der Waals surface area contributed by atoms with Gasteiger partial charge in [0.1, 0.15) is 0 Å². The van der Waals surface area contributed by atoms with Crippen molar-refractivity contribution < 1.29 is 4.79 Å². The van der Waals surface area contributed by atoms with Crippen LogP contribution in [0.2, 0.25) is 0 Å². The van der Waals surface area contributed by atoms with E-state index in [4.69, 9.17) is 5.73 Å². The van der Waals surface area contributed by atoms with Crippen LogP contribution in [-0.4, -0.2) is 54.5 Å². The molecule has 110 valence electrons. The highest BCUT2D eigenvalue weighted by Crippen LogP contribution is 2.28. The highest BCUT2D eigenvalue weighted by atomic mass is 16.2. The Hall–Kier alpha value is -0.610. The molecule has 0 aromatic rings. The molecule has 2 fully saturated rings. The number of carbonyl (C=O) groups excluding carboxylic acids is 1. The van der Waals surface area contributed by atoms with Crippen molar-refractivity contribution in [2.24, 2.45) is 17.6 Å². The van der Waals surface area contributed by atoms with Gasteiger partial charge in [-0.25, -0.2) is 0 Å². The molecule has 4 nitrogen and oxygen atoms in total. The lowest BCUT2D eigenvalue weighted by molar-refractivity contribution is -0.135. The van der Waals surface area contributed by atoms with Crippen molar-refractivity contribution in [2.75, 3.05) is 26.7 Å². The number of likely N-dealkylation sites (tertiary alicyclic amines) is 1. The summed E-state index contributed by atoms with van der Waals surface area (Å²) in [6, 6.07) is 0.514. The zero-order chi connectivity index (χ0) is 14.0. The summed E-state index contributed by atoms with van der Waals surface area (Å²) in [5.74, 6) is 1.13. The van der Waals surface area contributed by atoms with Crippen LogP contribution in [0.1, 0.15) is 39.5 Å². The van der Waals surface area contributed by atoms with Crippen LogP contribution >= 0.6 is 0 Å². The van der Waals surface area contributed by atoms with Gasteiger partial charge < -0.3 is 15.5 Å². The molecule has 0 spiro atoms. The van der Waals surface area contributed by atoms with Gasteiger partial charge in [-0.3, -0.25) is 4.79 Å². The average Bonchev–Trinajstić information content (AvgIpc) is 3.22. The fourth-order valence-corrected chi connectivity index (χ4v) is 2.90. The Kier molecular flexibility index (Phi) is 4.85. The minimum absolute atomic E-state index is 0.143. The first-order valence-electron chi connectivity index (χ1n) is 7.73. The minimum atomic E-state index is -0.328. The van der Waals surface area contributed by atoms with Crippen LogP contribution in [-0.2, 0) is 4.79 Å². The second-order valence-corrected chi connectivity index (χ2v) is 6.71. The first-order valence-corrected chi connectivity index (χ1v) is 7.73. The summed E-state index contributed by atoms with van der Waals surface area (Å²) in [7, 11) is 2.24. The van der Waals surface area contributed by atoms with Gasteiger partial charge in [-0.15, -0.1) is 0 Å². The summed E-state index contributed by atoms with van der Waals surface area (Å²) in [4.78, 5) is 16.6. The summed E-state index contributed by atoms with van der Waals surface area (Å²) in [5, 5.41) is 0. The Bertz CT molecular complexity index is 307. The second kappa shape index (κ2) is 6.23. The number of piperidine rings is 1. The summed E-state index contributed by atoms with van der Waals surface area (Å²) < 4.78 is 0. The van der Waals surface area contributed by atoms with Gasteiger partial charge in [-0.05, 0) is 44.6 Å². The molecule has 0 aromatic carbocycles. The fourth-order valence-electron chi connectivity index (χ4n) is 2.90. The lowest BCUT2D eigenvalue weighted by Crippen LogP contribution is -2.50. The van der Waals surface area contributed by atoms with Crippen LogP contribution < -0.4 is 5.73 Å². The van der Waals surface area contributed by atoms with Crippen molar-refractivity contribution in [3.8, 4) is 0 Å². The molecule has 4 heteroatoms. The van der Waals surface area contributed by atoms with E-state index in [1.807, 2.05) is 18.7 Å². The Morgan fingerprint density at radius 2 is 1.84 bits per heavy atom. The molecule has 0 aromatic heterocycles. The van der Waals surface area contributed by atoms with Gasteiger partial charge in [-0.1, -0.05) is 13.8 Å². The molecule has 1 saturated heterocycles. The molecule has 2 aliphatic rings. The maximum atomic E-state index is 12.2. The smallest absolute Gasteiger partial charge is 0.239 e. The molecular formula is C15H29N3O. The highest BCUT2D eigenvalue weighted by Gasteiger charge is 2.31. The van der Waals surface area contributed by atoms with E-state index in [9.17, 15) is 4.79 Å². The molecule has 0 bridgehead atoms. The van der Waals surface area contributed by atoms with Crippen molar-refractivity contribution in [1.82, 2.24) is 9.80 Å². The first kappa shape index (κ1) is 14.8. The van der Waals surface area contributed by atoms with E-state index in [0.29, 0.717) is 0 Å². The third-order valence-electron chi connectivity index (χ3n) is 4.65. The van der Waals surface area contributed by atoms with Gasteiger partial charge in [0.25, 0.3) is 0 Å². The third kappa shape index (κ3) is 3.93. The zero-order valence-corrected chi connectivity index (χ0v) is 12.6. The summed E-state index contributed by atoms with van der Waals surface area (Å²) >= 11 is 0. The third-order valence-corrected chi connectivity index (χ3v) is 4.65. The molecule has 1 atom stereocenters. The number of hydrogen-bond acceptors (Lipinski definition) is 3. The minimum Gasteiger partial charge on any atom is -0.341 e. The monoisotopic (exact) mass is 267 g/mol. The quantitative estimate of drug-likeness (QED) is 0.817. The van der Waals surface area contributed by atoms with Crippen LogP contribution in [0.3, 0.4) is 0 Å². The molecule has 1 heterocycles. The molecule has 2 N–H and O–H groups in total. The van der Waals surface area contributed by atoms with Crippen molar-refractivity contribution in [3.05, 3.63) is 0 Å². The summed E-state index contributed by atoms with van der Waals surface area (Å²) in [6.45, 7) is 7.01. The Morgan fingerprint density at radius 1 is 1.26 bits per heavy atom. The van der Waals surface area contributed by atoms with Crippen LogP contribution in [0.25, 0.3) is 0 Å². The number of amides is 1. The first-order chi connectivity index (χ1) is 8.99. The van der Waals surface area contributed by atoms with E-state index in [1.54, 1.807) is 0 Å². The Morgan fingerprint density at radius 3 is 2.32 bits per heavy atom. The van der Waals surface area contributed by atoms with Gasteiger partial charge in [-0.2, -0.15) is 0 Å². The lowest BCUT2D eigenvalue weighted by atomic mass is 9.94. The van der Waals surface area contributed by atoms with Crippen molar-refractivity contribution in [2.45, 2.75) is 51.6 Å². The van der Waals surface area contributed by atoms with Gasteiger partial charge in [0, 0.05) is 25.7 Å². The van der Waals surface area contributed by atoms with Crippen molar-refractivity contribution >= 4 is 5.91 Å². The second-order valence-electron chi connectivity index (χ2n) is 6.71. The van der Waals surface area contributed by atoms with E-state index in [2.05, 4.69) is 11.9 Å². The van der Waals surface area contributed by atoms with Crippen molar-refractivity contribution in [1.29, 1.82) is 0 Å². The Balaban J connectivity index is 1.73. The van der Waals surface area contributed by atoms with E-state index < -0.39 is 0 Å². The lowest BCUT2D eigenvalue weighted by Gasteiger charge is -2.35. The van der Waals surface area contributed by atoms with Crippen molar-refractivity contribution in [3.63, 3.8) is 0 Å². The molecule has 1 aliphatic heterocycles. The largest absolute Gasteiger partial charge is 0.341 e. The number of nitrogens with two attached hydrogens (primary N) is 1. The van der Waals surface area contributed by atoms with Gasteiger partial charge >= 0.3 is 0 Å². The predicted molar refractivity (Wildman–Crippen MR) is 77.8 cm³/mol. The number of carbonyl (C=O) groups is 1. The standard InChI is InChI=1S/C15H29N3O/c1-11(2)14(16)15(19)18-8-6-12(7-9-18)10-17(3)13-4-5-13/h11-14H,4-10,16H2,1-3H3/t14-/m0/s1. The SMILES string of the molecule is CC(C)[C@H](N)C(=O)N1CCC(CN(C)C2CC2)CC1. The molecule has 19 heavy (non-hydrogen) atoms. The van der Waals surface area contributed by atoms with Crippen LogP contribution in [0, 0.1) is 11.8 Å². The molecule has 1 aliphatic carbocycles. The van der Waals surface area contributed by atoms with E-state index in [1.165, 1.54) is 19.4 Å². The molecule has 0 radical (unpaired) electrons.